The van der Waals surface area contributed by atoms with E-state index in [1.165, 1.54) is 19.3 Å². The molecule has 6 nitrogen and oxygen atoms in total. The minimum atomic E-state index is -3.29. The monoisotopic (exact) mass is 343 g/mol. The summed E-state index contributed by atoms with van der Waals surface area (Å²) in [6.45, 7) is 4.29. The van der Waals surface area contributed by atoms with Gasteiger partial charge in [-0.15, -0.1) is 0 Å². The molecule has 1 N–H and O–H groups in total. The summed E-state index contributed by atoms with van der Waals surface area (Å²) in [5.74, 6) is 0.745. The molecule has 0 saturated carbocycles. The van der Waals surface area contributed by atoms with E-state index in [4.69, 9.17) is 4.74 Å². The maximum absolute atomic E-state index is 12.6. The van der Waals surface area contributed by atoms with E-state index in [1.54, 1.807) is 8.61 Å². The van der Waals surface area contributed by atoms with Crippen LogP contribution in [-0.4, -0.2) is 69.0 Å². The van der Waals surface area contributed by atoms with E-state index in [0.717, 1.165) is 25.3 Å². The summed E-state index contributed by atoms with van der Waals surface area (Å²) in [5, 5.41) is 3.65. The normalized spacial score (nSPS) is 29.0. The fraction of sp³-hybridized carbons (Fsp3) is 0.875. The average Bonchev–Trinajstić information content (AvgIpc) is 2.62. The number of hydrogen-bond donors (Lipinski definition) is 1. The SMILES string of the molecule is O=S(=O)(N1CCOCC1)N1CCC(NCC2CC=CCC2)CC1. The van der Waals surface area contributed by atoms with Gasteiger partial charge in [0.15, 0.2) is 0 Å². The molecule has 0 aromatic rings. The molecule has 7 heteroatoms. The zero-order valence-corrected chi connectivity index (χ0v) is 14.6. The van der Waals surface area contributed by atoms with Crippen LogP contribution in [0, 0.1) is 5.92 Å². The maximum atomic E-state index is 12.6. The van der Waals surface area contributed by atoms with Crippen LogP contribution in [0.4, 0.5) is 0 Å². The molecule has 0 bridgehead atoms. The van der Waals surface area contributed by atoms with Gasteiger partial charge in [0.25, 0.3) is 10.2 Å². The first-order chi connectivity index (χ1) is 11.2. The summed E-state index contributed by atoms with van der Waals surface area (Å²) < 4.78 is 33.7. The number of nitrogens with zero attached hydrogens (tertiary/aromatic N) is 2. The molecular formula is C16H29N3O3S. The molecule has 2 saturated heterocycles. The Bertz CT molecular complexity index is 495. The van der Waals surface area contributed by atoms with Gasteiger partial charge in [0.2, 0.25) is 0 Å². The van der Waals surface area contributed by atoms with Crippen molar-refractivity contribution >= 4 is 10.2 Å². The second kappa shape index (κ2) is 8.07. The van der Waals surface area contributed by atoms with Gasteiger partial charge < -0.3 is 10.1 Å². The van der Waals surface area contributed by atoms with Crippen molar-refractivity contribution in [1.29, 1.82) is 0 Å². The first kappa shape index (κ1) is 17.4. The highest BCUT2D eigenvalue weighted by atomic mass is 32.2. The van der Waals surface area contributed by atoms with Gasteiger partial charge in [-0.1, -0.05) is 12.2 Å². The molecule has 2 heterocycles. The van der Waals surface area contributed by atoms with Gasteiger partial charge in [-0.3, -0.25) is 0 Å². The van der Waals surface area contributed by atoms with E-state index in [0.29, 0.717) is 45.4 Å². The topological polar surface area (TPSA) is 61.9 Å². The van der Waals surface area contributed by atoms with Gasteiger partial charge in [-0.25, -0.2) is 0 Å². The predicted molar refractivity (Wildman–Crippen MR) is 90.4 cm³/mol. The summed E-state index contributed by atoms with van der Waals surface area (Å²) in [5.41, 5.74) is 0. The quantitative estimate of drug-likeness (QED) is 0.756. The van der Waals surface area contributed by atoms with Gasteiger partial charge >= 0.3 is 0 Å². The Kier molecular flexibility index (Phi) is 6.09. The van der Waals surface area contributed by atoms with E-state index in [1.807, 2.05) is 0 Å². The first-order valence-corrected chi connectivity index (χ1v) is 10.3. The Balaban J connectivity index is 1.43. The molecular weight excluding hydrogens is 314 g/mol. The number of nitrogens with one attached hydrogen (secondary N) is 1. The summed E-state index contributed by atoms with van der Waals surface area (Å²) in [6.07, 6.45) is 10.0. The highest BCUT2D eigenvalue weighted by Gasteiger charge is 2.33. The lowest BCUT2D eigenvalue weighted by atomic mass is 9.94. The predicted octanol–water partition coefficient (Wildman–Crippen LogP) is 0.974. The van der Waals surface area contributed by atoms with Crippen LogP contribution >= 0.6 is 0 Å². The third-order valence-corrected chi connectivity index (χ3v) is 7.18. The third kappa shape index (κ3) is 4.54. The van der Waals surface area contributed by atoms with Crippen LogP contribution in [0.1, 0.15) is 32.1 Å². The summed E-state index contributed by atoms with van der Waals surface area (Å²) in [4.78, 5) is 0. The molecule has 23 heavy (non-hydrogen) atoms. The lowest BCUT2D eigenvalue weighted by Gasteiger charge is -2.36. The molecule has 1 unspecified atom stereocenters. The van der Waals surface area contributed by atoms with Crippen LogP contribution in [-0.2, 0) is 14.9 Å². The van der Waals surface area contributed by atoms with E-state index in [2.05, 4.69) is 17.5 Å². The van der Waals surface area contributed by atoms with Crippen molar-refractivity contribution in [2.24, 2.45) is 5.92 Å². The van der Waals surface area contributed by atoms with Gasteiger partial charge in [0, 0.05) is 32.2 Å². The lowest BCUT2D eigenvalue weighted by molar-refractivity contribution is 0.0695. The van der Waals surface area contributed by atoms with Crippen LogP contribution in [0.25, 0.3) is 0 Å². The zero-order chi connectivity index (χ0) is 16.1. The molecule has 2 fully saturated rings. The molecule has 0 amide bonds. The Morgan fingerprint density at radius 2 is 1.70 bits per heavy atom. The molecule has 0 aromatic heterocycles. The van der Waals surface area contributed by atoms with Crippen LogP contribution in [0.3, 0.4) is 0 Å². The molecule has 2 aliphatic heterocycles. The van der Waals surface area contributed by atoms with Crippen LogP contribution in [0.2, 0.25) is 0 Å². The summed E-state index contributed by atoms with van der Waals surface area (Å²) in [6, 6.07) is 0.456. The largest absolute Gasteiger partial charge is 0.379 e. The van der Waals surface area contributed by atoms with E-state index in [-0.39, 0.29) is 0 Å². The lowest BCUT2D eigenvalue weighted by Crippen LogP contribution is -2.52. The molecule has 132 valence electrons. The maximum Gasteiger partial charge on any atom is 0.282 e. The standard InChI is InChI=1S/C16H29N3O3S/c20-23(21,19-10-12-22-13-11-19)18-8-6-16(7-9-18)17-14-15-4-2-1-3-5-15/h1-2,15-17H,3-14H2. The van der Waals surface area contributed by atoms with Crippen molar-refractivity contribution in [2.45, 2.75) is 38.1 Å². The van der Waals surface area contributed by atoms with Gasteiger partial charge in [0.1, 0.15) is 0 Å². The molecule has 0 spiro atoms. The Hall–Kier alpha value is -0.470. The molecule has 1 aliphatic carbocycles. The molecule has 1 atom stereocenters. The van der Waals surface area contributed by atoms with Crippen LogP contribution in [0.5, 0.6) is 0 Å². The highest BCUT2D eigenvalue weighted by molar-refractivity contribution is 7.86. The zero-order valence-electron chi connectivity index (χ0n) is 13.8. The average molecular weight is 343 g/mol. The van der Waals surface area contributed by atoms with E-state index in [9.17, 15) is 8.42 Å². The van der Waals surface area contributed by atoms with Gasteiger partial charge in [-0.2, -0.15) is 17.0 Å². The molecule has 0 radical (unpaired) electrons. The fourth-order valence-electron chi connectivity index (χ4n) is 3.61. The van der Waals surface area contributed by atoms with Gasteiger partial charge in [-0.05, 0) is 44.6 Å². The number of hydrogen-bond acceptors (Lipinski definition) is 4. The number of rotatable bonds is 5. The third-order valence-electron chi connectivity index (χ3n) is 5.15. The Morgan fingerprint density at radius 3 is 2.35 bits per heavy atom. The Labute approximate surface area is 140 Å². The van der Waals surface area contributed by atoms with E-state index < -0.39 is 10.2 Å². The highest BCUT2D eigenvalue weighted by Crippen LogP contribution is 2.20. The van der Waals surface area contributed by atoms with Crippen molar-refractivity contribution < 1.29 is 13.2 Å². The molecule has 0 aromatic carbocycles. The molecule has 3 aliphatic rings. The second-order valence-corrected chi connectivity index (χ2v) is 8.68. The second-order valence-electron chi connectivity index (χ2n) is 6.75. The number of allylic oxidation sites excluding steroid dienone is 2. The van der Waals surface area contributed by atoms with Crippen molar-refractivity contribution in [3.8, 4) is 0 Å². The summed E-state index contributed by atoms with van der Waals surface area (Å²) in [7, 11) is -3.29. The number of ether oxygens (including phenoxy) is 1. The smallest absolute Gasteiger partial charge is 0.282 e. The Morgan fingerprint density at radius 1 is 1.00 bits per heavy atom. The van der Waals surface area contributed by atoms with Crippen molar-refractivity contribution in [2.75, 3.05) is 45.9 Å². The minimum absolute atomic E-state index is 0.456. The molecule has 3 rings (SSSR count). The van der Waals surface area contributed by atoms with Crippen molar-refractivity contribution in [1.82, 2.24) is 13.9 Å². The van der Waals surface area contributed by atoms with Crippen LogP contribution in [0.15, 0.2) is 12.2 Å². The van der Waals surface area contributed by atoms with Crippen molar-refractivity contribution in [3.05, 3.63) is 12.2 Å². The number of morpholine rings is 1. The first-order valence-electron chi connectivity index (χ1n) is 8.87. The fourth-order valence-corrected chi connectivity index (χ4v) is 5.22. The number of piperidine rings is 1. The van der Waals surface area contributed by atoms with E-state index >= 15 is 0 Å². The summed E-state index contributed by atoms with van der Waals surface area (Å²) >= 11 is 0. The van der Waals surface area contributed by atoms with Gasteiger partial charge in [0.05, 0.1) is 13.2 Å². The minimum Gasteiger partial charge on any atom is -0.379 e. The van der Waals surface area contributed by atoms with Crippen LogP contribution < -0.4 is 5.32 Å². The van der Waals surface area contributed by atoms with Crippen molar-refractivity contribution in [3.63, 3.8) is 0 Å².